The van der Waals surface area contributed by atoms with Crippen molar-refractivity contribution in [2.24, 2.45) is 0 Å². The molecule has 0 spiro atoms. The Morgan fingerprint density at radius 1 is 0.720 bits per heavy atom. The number of unbranched alkanes of at least 4 members (excludes halogenated alkanes) is 11. The minimum absolute atomic E-state index is 0.302. The highest BCUT2D eigenvalue weighted by Gasteiger charge is 2.10. The van der Waals surface area contributed by atoms with Crippen LogP contribution < -0.4 is 0 Å². The third kappa shape index (κ3) is 19.1. The molecule has 0 heterocycles. The Morgan fingerprint density at radius 2 is 1.12 bits per heavy atom. The molecule has 0 rings (SSSR count). The number of carbonyl (C=O) groups is 1. The van der Waals surface area contributed by atoms with Gasteiger partial charge in [0.05, 0.1) is 0 Å². The maximum atomic E-state index is 10.4. The van der Waals surface area contributed by atoms with Crippen LogP contribution in [0.25, 0.3) is 0 Å². The van der Waals surface area contributed by atoms with Crippen LogP contribution in [0.4, 0.5) is 0 Å². The average Bonchev–Trinajstić information content (AvgIpc) is 2.60. The Hall–Kier alpha value is -1.09. The first-order chi connectivity index (χ1) is 12.2. The van der Waals surface area contributed by atoms with Gasteiger partial charge in [0, 0.05) is 0 Å². The van der Waals surface area contributed by atoms with Crippen molar-refractivity contribution in [3.05, 3.63) is 24.3 Å². The maximum Gasteiger partial charge on any atom is 0.332 e. The highest BCUT2D eigenvalue weighted by atomic mass is 16.4. The monoisotopic (exact) mass is 352 g/mol. The van der Waals surface area contributed by atoms with Crippen molar-refractivity contribution >= 4 is 5.97 Å². The van der Waals surface area contributed by atoms with Gasteiger partial charge < -0.3 is 10.2 Å². The van der Waals surface area contributed by atoms with Crippen molar-refractivity contribution in [2.75, 3.05) is 0 Å². The number of rotatable bonds is 18. The average molecular weight is 353 g/mol. The minimum Gasteiger partial charge on any atom is -0.479 e. The Kier molecular flexibility index (Phi) is 18.4. The molecule has 0 aliphatic rings. The van der Waals surface area contributed by atoms with E-state index in [0.29, 0.717) is 12.8 Å². The van der Waals surface area contributed by atoms with E-state index in [1.807, 2.05) is 6.08 Å². The van der Waals surface area contributed by atoms with E-state index in [1.54, 1.807) is 0 Å². The van der Waals surface area contributed by atoms with Gasteiger partial charge in [0.15, 0.2) is 6.10 Å². The van der Waals surface area contributed by atoms with Gasteiger partial charge in [0.1, 0.15) is 0 Å². The number of carboxylic acid groups (broad SMARTS) is 1. The van der Waals surface area contributed by atoms with Crippen molar-refractivity contribution in [1.29, 1.82) is 0 Å². The smallest absolute Gasteiger partial charge is 0.332 e. The third-order valence-corrected chi connectivity index (χ3v) is 4.44. The van der Waals surface area contributed by atoms with Gasteiger partial charge in [-0.05, 0) is 51.4 Å². The molecule has 0 saturated carbocycles. The van der Waals surface area contributed by atoms with Gasteiger partial charge in [0.25, 0.3) is 0 Å². The summed E-state index contributed by atoms with van der Waals surface area (Å²) in [6.07, 6.45) is 25.3. The van der Waals surface area contributed by atoms with Gasteiger partial charge >= 0.3 is 5.97 Å². The van der Waals surface area contributed by atoms with Crippen molar-refractivity contribution in [3.63, 3.8) is 0 Å². The molecular weight excluding hydrogens is 312 g/mol. The van der Waals surface area contributed by atoms with E-state index < -0.39 is 12.1 Å². The molecule has 0 aromatic heterocycles. The van der Waals surface area contributed by atoms with Crippen molar-refractivity contribution in [3.8, 4) is 0 Å². The molecule has 146 valence electrons. The summed E-state index contributed by atoms with van der Waals surface area (Å²) in [6.45, 7) is 2.26. The number of aliphatic carboxylic acids is 1. The molecule has 1 atom stereocenters. The van der Waals surface area contributed by atoms with E-state index in [9.17, 15) is 4.79 Å². The summed E-state index contributed by atoms with van der Waals surface area (Å²) in [4.78, 5) is 10.4. The lowest BCUT2D eigenvalue weighted by atomic mass is 10.1. The van der Waals surface area contributed by atoms with E-state index in [-0.39, 0.29) is 0 Å². The zero-order chi connectivity index (χ0) is 18.6. The third-order valence-electron chi connectivity index (χ3n) is 4.44. The molecule has 0 fully saturated rings. The largest absolute Gasteiger partial charge is 0.479 e. The fraction of sp³-hybridized carbons (Fsp3) is 0.773. The number of hydrogen-bond donors (Lipinski definition) is 2. The second-order valence-electron chi connectivity index (χ2n) is 6.92. The van der Waals surface area contributed by atoms with E-state index in [1.165, 1.54) is 77.0 Å². The molecular formula is C22H40O3. The second kappa shape index (κ2) is 19.2. The van der Waals surface area contributed by atoms with Gasteiger partial charge in [-0.3, -0.25) is 0 Å². The summed E-state index contributed by atoms with van der Waals surface area (Å²) < 4.78 is 0. The summed E-state index contributed by atoms with van der Waals surface area (Å²) in [7, 11) is 0. The quantitative estimate of drug-likeness (QED) is 0.221. The van der Waals surface area contributed by atoms with Crippen LogP contribution in [-0.4, -0.2) is 22.3 Å². The number of hydrogen-bond acceptors (Lipinski definition) is 2. The number of allylic oxidation sites excluding steroid dienone is 4. The van der Waals surface area contributed by atoms with E-state index in [0.717, 1.165) is 6.42 Å². The molecule has 0 bridgehead atoms. The van der Waals surface area contributed by atoms with Crippen molar-refractivity contribution < 1.29 is 15.0 Å². The highest BCUT2D eigenvalue weighted by Crippen LogP contribution is 2.09. The zero-order valence-electron chi connectivity index (χ0n) is 16.3. The Balaban J connectivity index is 3.23. The van der Waals surface area contributed by atoms with Crippen LogP contribution in [0.3, 0.4) is 0 Å². The molecule has 0 amide bonds. The zero-order valence-corrected chi connectivity index (χ0v) is 16.3. The molecule has 2 N–H and O–H groups in total. The Bertz CT molecular complexity index is 347. The summed E-state index contributed by atoms with van der Waals surface area (Å²) in [6, 6.07) is 0. The first-order valence-corrected chi connectivity index (χ1v) is 10.4. The molecule has 0 saturated heterocycles. The Labute approximate surface area is 155 Å². The van der Waals surface area contributed by atoms with Crippen LogP contribution in [0.5, 0.6) is 0 Å². The van der Waals surface area contributed by atoms with Crippen molar-refractivity contribution in [2.45, 2.75) is 109 Å². The number of aliphatic hydroxyl groups excluding tert-OH is 1. The molecule has 3 nitrogen and oxygen atoms in total. The van der Waals surface area contributed by atoms with Gasteiger partial charge in [-0.25, -0.2) is 4.79 Å². The first-order valence-electron chi connectivity index (χ1n) is 10.4. The van der Waals surface area contributed by atoms with Crippen LogP contribution in [-0.2, 0) is 4.79 Å². The second-order valence-corrected chi connectivity index (χ2v) is 6.92. The van der Waals surface area contributed by atoms with Crippen LogP contribution in [0.15, 0.2) is 24.3 Å². The fourth-order valence-electron chi connectivity index (χ4n) is 2.77. The standard InChI is InChI=1S/C22H40O3/c1-2-3-4-5-6-7-8-9-10-11-12-13-14-15-16-17-18-19-20-21(23)22(24)25/h9-10,17-18,21,23H,2-8,11-16,19-20H2,1H3,(H,24,25). The summed E-state index contributed by atoms with van der Waals surface area (Å²) in [5, 5.41) is 17.7. The minimum atomic E-state index is -1.22. The lowest BCUT2D eigenvalue weighted by Gasteiger charge is -2.01. The van der Waals surface area contributed by atoms with Crippen LogP contribution in [0.2, 0.25) is 0 Å². The lowest BCUT2D eigenvalue weighted by molar-refractivity contribution is -0.146. The lowest BCUT2D eigenvalue weighted by Crippen LogP contribution is -2.18. The number of carboxylic acids is 1. The molecule has 1 unspecified atom stereocenters. The molecule has 3 heteroatoms. The van der Waals surface area contributed by atoms with Gasteiger partial charge in [0.2, 0.25) is 0 Å². The highest BCUT2D eigenvalue weighted by molar-refractivity contribution is 5.71. The van der Waals surface area contributed by atoms with Crippen LogP contribution >= 0.6 is 0 Å². The molecule has 25 heavy (non-hydrogen) atoms. The predicted octanol–water partition coefficient (Wildman–Crippen LogP) is 6.42. The molecule has 0 aliphatic carbocycles. The Morgan fingerprint density at radius 3 is 1.56 bits per heavy atom. The SMILES string of the molecule is CCCCCCCCC=CCCCCCCC=CCCC(O)C(=O)O. The van der Waals surface area contributed by atoms with E-state index in [2.05, 4.69) is 25.2 Å². The molecule has 0 aromatic rings. The normalized spacial score (nSPS) is 13.0. The summed E-state index contributed by atoms with van der Waals surface area (Å²) in [5.41, 5.74) is 0. The fourth-order valence-corrected chi connectivity index (χ4v) is 2.77. The van der Waals surface area contributed by atoms with Crippen LogP contribution in [0, 0.1) is 0 Å². The summed E-state index contributed by atoms with van der Waals surface area (Å²) in [5.74, 6) is -1.13. The van der Waals surface area contributed by atoms with Gasteiger partial charge in [-0.2, -0.15) is 0 Å². The van der Waals surface area contributed by atoms with Gasteiger partial charge in [-0.1, -0.05) is 76.2 Å². The predicted molar refractivity (Wildman–Crippen MR) is 107 cm³/mol. The molecule has 0 aliphatic heterocycles. The topological polar surface area (TPSA) is 57.5 Å². The van der Waals surface area contributed by atoms with E-state index in [4.69, 9.17) is 10.2 Å². The van der Waals surface area contributed by atoms with E-state index >= 15 is 0 Å². The van der Waals surface area contributed by atoms with Crippen molar-refractivity contribution in [1.82, 2.24) is 0 Å². The first kappa shape index (κ1) is 23.9. The number of aliphatic hydroxyl groups is 1. The van der Waals surface area contributed by atoms with Crippen LogP contribution in [0.1, 0.15) is 103 Å². The molecule has 0 aromatic carbocycles. The van der Waals surface area contributed by atoms with Gasteiger partial charge in [-0.15, -0.1) is 0 Å². The maximum absolute atomic E-state index is 10.4. The molecule has 0 radical (unpaired) electrons. The summed E-state index contributed by atoms with van der Waals surface area (Å²) >= 11 is 0.